The number of hydrogen-bond acceptors (Lipinski definition) is 32. The van der Waals surface area contributed by atoms with Gasteiger partial charge in [0.25, 0.3) is 0 Å². The predicted octanol–water partition coefficient (Wildman–Crippen LogP) is -3.11. The fraction of sp³-hybridized carbons (Fsp3) is 0.900. The van der Waals surface area contributed by atoms with Gasteiger partial charge in [-0.2, -0.15) is 0 Å². The summed E-state index contributed by atoms with van der Waals surface area (Å²) in [5.74, 6) is -4.11. The standard InChI is InChI=1S/C70H110O33/c1-13-26(3)56(88)101-53-54(102-57(89)27(4)14-2)70-34(21-64(53,6)7)69(103-63(70)90)20-16-33-66(10)18-17-36(65(8,9)32(66)15-19-67(33,11)68(69,12)22-35(70)74)95-62-52(100-59-46(84)42(80)39(77)30(24-72)93-59)48(47(85)49(97-62)55(86)87)96-61-51(44(82)40(78)31(25-73)94-61)99-60-50(43(81)37(75)28(5)91-60)98-58-45(83)41(79)38(76)29(23-71)92-58/h13-14,28-54,58-63,71-85,90H,15-25H2,1-12H3,(H,86,87)/b26-13-,27-14+/t28-,29+,30+,31+,32-,33+,34+,35+,36-,37-,38+,39-,40-,41-,42-,43+,44-,45+,46+,47-,48-,49-,50+,51+,52+,53-,54-,58-,59-,60-,61-,62+,63-,66-,67+,68-,69-,70+/m0/s1. The number of aliphatic hydroxyl groups excluding tert-OH is 16. The van der Waals surface area contributed by atoms with Gasteiger partial charge >= 0.3 is 17.9 Å². The van der Waals surface area contributed by atoms with Crippen LogP contribution in [0.4, 0.5) is 0 Å². The number of carboxylic acid groups (broad SMARTS) is 1. The summed E-state index contributed by atoms with van der Waals surface area (Å²) in [4.78, 5) is 41.3. The lowest BCUT2D eigenvalue weighted by molar-refractivity contribution is -0.412. The highest BCUT2D eigenvalue weighted by molar-refractivity contribution is 5.89. The molecule has 103 heavy (non-hydrogen) atoms. The number of ether oxygens (including phenoxy) is 13. The van der Waals surface area contributed by atoms with Crippen LogP contribution in [0.3, 0.4) is 0 Å². The van der Waals surface area contributed by atoms with E-state index in [0.717, 1.165) is 0 Å². The molecule has 0 aromatic rings. The largest absolute Gasteiger partial charge is 0.479 e. The van der Waals surface area contributed by atoms with Crippen LogP contribution in [0.5, 0.6) is 0 Å². The summed E-state index contributed by atoms with van der Waals surface area (Å²) in [5, 5.41) is 192. The summed E-state index contributed by atoms with van der Waals surface area (Å²) in [6, 6.07) is 0. The Bertz CT molecular complexity index is 3100. The highest BCUT2D eigenvalue weighted by atomic mass is 16.8. The van der Waals surface area contributed by atoms with Gasteiger partial charge < -0.3 is 148 Å². The average Bonchev–Trinajstić information content (AvgIpc) is 1.53. The van der Waals surface area contributed by atoms with Gasteiger partial charge in [0.2, 0.25) is 0 Å². The molecule has 0 radical (unpaired) electrons. The molecule has 33 heteroatoms. The molecular weight excluding hydrogens is 1370 g/mol. The molecule has 17 N–H and O–H groups in total. The molecular formula is C70H110O33. The van der Waals surface area contributed by atoms with Crippen LogP contribution in [0.2, 0.25) is 0 Å². The van der Waals surface area contributed by atoms with Gasteiger partial charge in [-0.1, -0.05) is 60.6 Å². The quantitative estimate of drug-likeness (QED) is 0.0367. The Kier molecular flexibility index (Phi) is 23.2. The zero-order chi connectivity index (χ0) is 75.8. The van der Waals surface area contributed by atoms with E-state index in [1.807, 2.05) is 27.7 Å². The average molecular weight is 1480 g/mol. The third-order valence-corrected chi connectivity index (χ3v) is 26.9. The van der Waals surface area contributed by atoms with E-state index in [0.29, 0.717) is 44.1 Å². The molecule has 11 fully saturated rings. The number of allylic oxidation sites excluding steroid dienone is 2. The van der Waals surface area contributed by atoms with Crippen LogP contribution in [-0.2, 0) is 76.0 Å². The van der Waals surface area contributed by atoms with Crippen LogP contribution < -0.4 is 0 Å². The van der Waals surface area contributed by atoms with Gasteiger partial charge in [0, 0.05) is 27.9 Å². The summed E-state index contributed by atoms with van der Waals surface area (Å²) >= 11 is 0. The van der Waals surface area contributed by atoms with Gasteiger partial charge in [0.15, 0.2) is 49.9 Å². The Balaban J connectivity index is 0.915. The highest BCUT2D eigenvalue weighted by Gasteiger charge is 2.86. The van der Waals surface area contributed by atoms with Crippen molar-refractivity contribution in [3.8, 4) is 0 Å². The SMILES string of the molecule is C/C=C(/C)C(=O)O[C@H]1[C@H](OC(=O)/C(C)=C/C)[C@@]23[C@H](O)C[C@]4(C)[C@@](CC[C@@H]5[C@@]6(C)CC[C@H](O[C@@H]7O[C@H](C(=O)O)[C@@H](O)[C@H](O[C@@H]8O[C@H](CO)[C@H](O)[C@H](O)[C@H]8O[C@@H]8O[C@@H](C)[C@H](O)[C@@H](O)[C@H]8O[C@@H]8O[C@H](CO)[C@@H](O)[C@H](O)[C@H]8O)[C@H]7O[C@@H]7O[C@H](CO)[C@H](O)[C@H](O)[C@H]7O)C(C)(C)[C@@H]6CC[C@]54C)(O[C@@H]2O)[C@H]3CC1(C)C. The Morgan fingerprint density at radius 3 is 1.48 bits per heavy atom. The molecule has 38 atom stereocenters. The Hall–Kier alpha value is -3.19. The van der Waals surface area contributed by atoms with Crippen molar-refractivity contribution in [2.45, 2.75) is 324 Å². The van der Waals surface area contributed by atoms with Crippen LogP contribution in [0.25, 0.3) is 0 Å². The van der Waals surface area contributed by atoms with Crippen molar-refractivity contribution in [2.24, 2.45) is 50.2 Å². The number of aliphatic hydroxyl groups is 16. The van der Waals surface area contributed by atoms with Crippen LogP contribution in [-0.4, -0.2) is 314 Å². The number of esters is 2. The molecule has 6 heterocycles. The summed E-state index contributed by atoms with van der Waals surface area (Å²) in [6.07, 6.45) is -50.1. The number of carbonyl (C=O) groups is 3. The van der Waals surface area contributed by atoms with Gasteiger partial charge in [-0.15, -0.1) is 0 Å². The topological polar surface area (TPSA) is 515 Å². The van der Waals surface area contributed by atoms with Gasteiger partial charge in [0.1, 0.15) is 116 Å². The molecule has 0 amide bonds. The fourth-order valence-electron chi connectivity index (χ4n) is 20.6. The minimum absolute atomic E-state index is 0.101. The zero-order valence-electron chi connectivity index (χ0n) is 60.1. The normalized spacial score (nSPS) is 52.6. The summed E-state index contributed by atoms with van der Waals surface area (Å²) in [7, 11) is 0. The second-order valence-electron chi connectivity index (χ2n) is 32.8. The number of hydrogen-bond donors (Lipinski definition) is 17. The van der Waals surface area contributed by atoms with Gasteiger partial charge in [-0.3, -0.25) is 0 Å². The summed E-state index contributed by atoms with van der Waals surface area (Å²) in [6.45, 7) is 19.4. The zero-order valence-corrected chi connectivity index (χ0v) is 60.1. The van der Waals surface area contributed by atoms with E-state index >= 15 is 0 Å². The Morgan fingerprint density at radius 2 is 0.942 bits per heavy atom. The maximum atomic E-state index is 14.1. The van der Waals surface area contributed by atoms with Gasteiger partial charge in [-0.25, -0.2) is 14.4 Å². The van der Waals surface area contributed by atoms with Crippen LogP contribution in [0.15, 0.2) is 23.3 Å². The van der Waals surface area contributed by atoms with Gasteiger partial charge in [0.05, 0.1) is 49.1 Å². The van der Waals surface area contributed by atoms with Gasteiger partial charge in [-0.05, 0) is 114 Å². The van der Waals surface area contributed by atoms with Crippen molar-refractivity contribution >= 4 is 17.9 Å². The Morgan fingerprint density at radius 1 is 0.476 bits per heavy atom. The molecule has 588 valence electrons. The molecule has 1 spiro atoms. The first kappa shape index (κ1) is 80.8. The molecule has 6 aliphatic heterocycles. The molecule has 11 aliphatic rings. The van der Waals surface area contributed by atoms with E-state index in [9.17, 15) is 101 Å². The van der Waals surface area contributed by atoms with E-state index in [2.05, 4.69) is 20.8 Å². The molecule has 5 aliphatic carbocycles. The summed E-state index contributed by atoms with van der Waals surface area (Å²) < 4.78 is 81.6. The number of rotatable bonds is 18. The smallest absolute Gasteiger partial charge is 0.335 e. The van der Waals surface area contributed by atoms with Crippen molar-refractivity contribution < 1.29 is 163 Å². The molecule has 5 saturated carbocycles. The minimum atomic E-state index is -2.39. The number of carbonyl (C=O) groups excluding carboxylic acids is 2. The first-order chi connectivity index (χ1) is 48.2. The van der Waals surface area contributed by atoms with Crippen molar-refractivity contribution in [3.05, 3.63) is 23.3 Å². The molecule has 0 unspecified atom stereocenters. The molecule has 0 aromatic carbocycles. The van der Waals surface area contributed by atoms with E-state index in [-0.39, 0.29) is 30.3 Å². The maximum Gasteiger partial charge on any atom is 0.335 e. The molecule has 2 bridgehead atoms. The first-order valence-corrected chi connectivity index (χ1v) is 36.0. The molecule has 33 nitrogen and oxygen atoms in total. The Labute approximate surface area is 596 Å². The van der Waals surface area contributed by atoms with Crippen LogP contribution in [0.1, 0.15) is 134 Å². The fourth-order valence-corrected chi connectivity index (χ4v) is 20.6. The number of carboxylic acids is 1. The van der Waals surface area contributed by atoms with Crippen LogP contribution in [0, 0.1) is 50.2 Å². The van der Waals surface area contributed by atoms with Crippen molar-refractivity contribution in [2.75, 3.05) is 19.8 Å². The van der Waals surface area contributed by atoms with E-state index in [4.69, 9.17) is 61.6 Å². The maximum absolute atomic E-state index is 14.1. The van der Waals surface area contributed by atoms with Crippen molar-refractivity contribution in [1.82, 2.24) is 0 Å². The lowest BCUT2D eigenvalue weighted by atomic mass is 9.30. The monoisotopic (exact) mass is 1480 g/mol. The minimum Gasteiger partial charge on any atom is -0.479 e. The second-order valence-corrected chi connectivity index (χ2v) is 32.8. The van der Waals surface area contributed by atoms with E-state index < -0.39 is 266 Å². The lowest BCUT2D eigenvalue weighted by Gasteiger charge is -2.75. The van der Waals surface area contributed by atoms with Crippen molar-refractivity contribution in [3.63, 3.8) is 0 Å². The third kappa shape index (κ3) is 12.9. The predicted molar refractivity (Wildman–Crippen MR) is 344 cm³/mol. The molecule has 6 saturated heterocycles. The van der Waals surface area contributed by atoms with Crippen molar-refractivity contribution in [1.29, 1.82) is 0 Å². The molecule has 11 rings (SSSR count). The lowest BCUT2D eigenvalue weighted by Crippen LogP contribution is -2.77. The second kappa shape index (κ2) is 29.6. The van der Waals surface area contributed by atoms with E-state index in [1.54, 1.807) is 39.8 Å². The summed E-state index contributed by atoms with van der Waals surface area (Å²) in [5.41, 5.74) is -6.08. The number of aliphatic carboxylic acids is 1. The third-order valence-electron chi connectivity index (χ3n) is 26.9. The van der Waals surface area contributed by atoms with Crippen LogP contribution >= 0.6 is 0 Å². The van der Waals surface area contributed by atoms with E-state index in [1.165, 1.54) is 6.92 Å². The highest BCUT2D eigenvalue weighted by Crippen LogP contribution is 2.82. The molecule has 0 aromatic heterocycles. The first-order valence-electron chi connectivity index (χ1n) is 36.0. The number of fused-ring (bicyclic) bond motifs is 4.